The topological polar surface area (TPSA) is 75.7 Å². The second-order valence-electron chi connectivity index (χ2n) is 6.08. The summed E-state index contributed by atoms with van der Waals surface area (Å²) in [5.74, 6) is -1.50. The number of rotatable bonds is 4. The van der Waals surface area contributed by atoms with E-state index >= 15 is 0 Å². The van der Waals surface area contributed by atoms with Gasteiger partial charge in [0.1, 0.15) is 5.82 Å². The lowest BCUT2D eigenvalue weighted by atomic mass is 10.1. The van der Waals surface area contributed by atoms with Gasteiger partial charge in [0.2, 0.25) is 10.0 Å². The van der Waals surface area contributed by atoms with Crippen LogP contribution < -0.4 is 5.32 Å². The first-order chi connectivity index (χ1) is 12.8. The summed E-state index contributed by atoms with van der Waals surface area (Å²) in [7, 11) is -3.82. The van der Waals surface area contributed by atoms with Gasteiger partial charge >= 0.3 is 0 Å². The minimum absolute atomic E-state index is 0.122. The van der Waals surface area contributed by atoms with Gasteiger partial charge in [0, 0.05) is 23.2 Å². The fourth-order valence-electron chi connectivity index (χ4n) is 2.70. The van der Waals surface area contributed by atoms with Gasteiger partial charge < -0.3 is 10.1 Å². The molecule has 144 valence electrons. The van der Waals surface area contributed by atoms with Crippen LogP contribution in [0.15, 0.2) is 45.8 Å². The molecule has 1 aliphatic heterocycles. The lowest BCUT2D eigenvalue weighted by molar-refractivity contribution is 0.0730. The van der Waals surface area contributed by atoms with E-state index in [-0.39, 0.29) is 23.5 Å². The standard InChI is InChI=1S/C18H18BrFN2O4S/c1-12-10-13(2-4-16(12)19)21-18(23)15-11-14(3-5-17(15)20)27(24,25)22-6-8-26-9-7-22/h2-5,10-11H,6-9H2,1H3,(H,21,23). The average molecular weight is 457 g/mol. The predicted molar refractivity (Wildman–Crippen MR) is 103 cm³/mol. The number of carbonyl (C=O) groups is 1. The fraction of sp³-hybridized carbons (Fsp3) is 0.278. The van der Waals surface area contributed by atoms with Crippen molar-refractivity contribution in [3.05, 3.63) is 57.8 Å². The number of hydrogen-bond acceptors (Lipinski definition) is 4. The molecule has 0 aliphatic carbocycles. The van der Waals surface area contributed by atoms with Gasteiger partial charge in [-0.3, -0.25) is 4.79 Å². The predicted octanol–water partition coefficient (Wildman–Crippen LogP) is 3.17. The van der Waals surface area contributed by atoms with Crippen molar-refractivity contribution in [2.24, 2.45) is 0 Å². The zero-order chi connectivity index (χ0) is 19.6. The maximum absolute atomic E-state index is 14.2. The molecule has 2 aromatic carbocycles. The molecule has 1 N–H and O–H groups in total. The number of morpholine rings is 1. The molecule has 0 unspecified atom stereocenters. The molecule has 1 aliphatic rings. The lowest BCUT2D eigenvalue weighted by Crippen LogP contribution is -2.40. The van der Waals surface area contributed by atoms with Crippen LogP contribution >= 0.6 is 15.9 Å². The smallest absolute Gasteiger partial charge is 0.258 e. The SMILES string of the molecule is Cc1cc(NC(=O)c2cc(S(=O)(=O)N3CCOCC3)ccc2F)ccc1Br. The Hall–Kier alpha value is -1.81. The van der Waals surface area contributed by atoms with E-state index in [1.807, 2.05) is 6.92 Å². The Morgan fingerprint density at radius 1 is 1.19 bits per heavy atom. The maximum Gasteiger partial charge on any atom is 0.258 e. The molecule has 0 atom stereocenters. The number of amides is 1. The molecule has 2 aromatic rings. The normalized spacial score (nSPS) is 15.5. The summed E-state index contributed by atoms with van der Waals surface area (Å²) in [4.78, 5) is 12.4. The summed E-state index contributed by atoms with van der Waals surface area (Å²) in [6.45, 7) is 2.90. The summed E-state index contributed by atoms with van der Waals surface area (Å²) in [5.41, 5.74) is 1.06. The number of nitrogens with zero attached hydrogens (tertiary/aromatic N) is 1. The molecule has 1 fully saturated rings. The van der Waals surface area contributed by atoms with Crippen molar-refractivity contribution in [2.45, 2.75) is 11.8 Å². The molecule has 0 spiro atoms. The van der Waals surface area contributed by atoms with Gasteiger partial charge in [-0.1, -0.05) is 15.9 Å². The molecule has 1 saturated heterocycles. The Morgan fingerprint density at radius 3 is 2.56 bits per heavy atom. The third-order valence-electron chi connectivity index (χ3n) is 4.21. The summed E-state index contributed by atoms with van der Waals surface area (Å²) in [6, 6.07) is 8.40. The van der Waals surface area contributed by atoms with Crippen LogP contribution in [-0.2, 0) is 14.8 Å². The zero-order valence-electron chi connectivity index (χ0n) is 14.5. The minimum atomic E-state index is -3.82. The maximum atomic E-state index is 14.2. The minimum Gasteiger partial charge on any atom is -0.379 e. The molecule has 1 heterocycles. The highest BCUT2D eigenvalue weighted by atomic mass is 79.9. The molecule has 1 amide bonds. The third-order valence-corrected chi connectivity index (χ3v) is 6.99. The van der Waals surface area contributed by atoms with E-state index in [0.717, 1.165) is 22.2 Å². The highest BCUT2D eigenvalue weighted by Crippen LogP contribution is 2.23. The first-order valence-electron chi connectivity index (χ1n) is 8.24. The number of aryl methyl sites for hydroxylation is 1. The van der Waals surface area contributed by atoms with Gasteiger partial charge in [-0.05, 0) is 48.9 Å². The van der Waals surface area contributed by atoms with E-state index in [2.05, 4.69) is 21.2 Å². The van der Waals surface area contributed by atoms with Crippen molar-refractivity contribution in [3.8, 4) is 0 Å². The van der Waals surface area contributed by atoms with Crippen LogP contribution in [-0.4, -0.2) is 44.9 Å². The van der Waals surface area contributed by atoms with Gasteiger partial charge in [-0.25, -0.2) is 12.8 Å². The van der Waals surface area contributed by atoms with Crippen LogP contribution in [0.4, 0.5) is 10.1 Å². The highest BCUT2D eigenvalue weighted by Gasteiger charge is 2.28. The van der Waals surface area contributed by atoms with E-state index < -0.39 is 21.7 Å². The molecular formula is C18H18BrFN2O4S. The van der Waals surface area contributed by atoms with Gasteiger partial charge in [0.25, 0.3) is 5.91 Å². The monoisotopic (exact) mass is 456 g/mol. The van der Waals surface area contributed by atoms with Crippen molar-refractivity contribution in [3.63, 3.8) is 0 Å². The molecule has 6 nitrogen and oxygen atoms in total. The average Bonchev–Trinajstić information content (AvgIpc) is 2.65. The van der Waals surface area contributed by atoms with E-state index in [4.69, 9.17) is 4.74 Å². The summed E-state index contributed by atoms with van der Waals surface area (Å²) < 4.78 is 47.0. The third kappa shape index (κ3) is 4.37. The number of benzene rings is 2. The van der Waals surface area contributed by atoms with Crippen LogP contribution in [0, 0.1) is 12.7 Å². The summed E-state index contributed by atoms with van der Waals surface area (Å²) in [5, 5.41) is 2.60. The Morgan fingerprint density at radius 2 is 1.89 bits per heavy atom. The molecule has 0 saturated carbocycles. The Labute approximate surface area is 165 Å². The lowest BCUT2D eigenvalue weighted by Gasteiger charge is -2.26. The van der Waals surface area contributed by atoms with E-state index in [9.17, 15) is 17.6 Å². The van der Waals surface area contributed by atoms with Gasteiger partial charge in [0.15, 0.2) is 0 Å². The van der Waals surface area contributed by atoms with Crippen LogP contribution in [0.2, 0.25) is 0 Å². The largest absolute Gasteiger partial charge is 0.379 e. The molecule has 9 heteroatoms. The van der Waals surface area contributed by atoms with E-state index in [1.54, 1.807) is 18.2 Å². The molecule has 3 rings (SSSR count). The number of ether oxygens (including phenoxy) is 1. The van der Waals surface area contributed by atoms with E-state index in [1.165, 1.54) is 10.4 Å². The summed E-state index contributed by atoms with van der Waals surface area (Å²) >= 11 is 3.37. The van der Waals surface area contributed by atoms with Crippen LogP contribution in [0.5, 0.6) is 0 Å². The first-order valence-corrected chi connectivity index (χ1v) is 10.5. The van der Waals surface area contributed by atoms with Crippen molar-refractivity contribution in [1.29, 1.82) is 0 Å². The fourth-order valence-corrected chi connectivity index (χ4v) is 4.38. The molecule has 0 bridgehead atoms. The van der Waals surface area contributed by atoms with Crippen LogP contribution in [0.3, 0.4) is 0 Å². The Kier molecular flexibility index (Phi) is 5.95. The number of carbonyl (C=O) groups excluding carboxylic acids is 1. The second-order valence-corrected chi connectivity index (χ2v) is 8.87. The Balaban J connectivity index is 1.88. The van der Waals surface area contributed by atoms with Gasteiger partial charge in [-0.15, -0.1) is 0 Å². The summed E-state index contributed by atoms with van der Waals surface area (Å²) in [6.07, 6.45) is 0. The number of nitrogens with one attached hydrogen (secondary N) is 1. The second kappa shape index (κ2) is 8.05. The zero-order valence-corrected chi connectivity index (χ0v) is 16.9. The van der Waals surface area contributed by atoms with Crippen molar-refractivity contribution < 1.29 is 22.3 Å². The quantitative estimate of drug-likeness (QED) is 0.766. The van der Waals surface area contributed by atoms with Crippen molar-refractivity contribution in [2.75, 3.05) is 31.6 Å². The number of anilines is 1. The van der Waals surface area contributed by atoms with Crippen LogP contribution in [0.1, 0.15) is 15.9 Å². The van der Waals surface area contributed by atoms with E-state index in [0.29, 0.717) is 18.9 Å². The number of halogens is 2. The molecule has 0 radical (unpaired) electrons. The molecular weight excluding hydrogens is 439 g/mol. The molecule has 0 aromatic heterocycles. The van der Waals surface area contributed by atoms with Crippen molar-refractivity contribution in [1.82, 2.24) is 4.31 Å². The van der Waals surface area contributed by atoms with Crippen LogP contribution in [0.25, 0.3) is 0 Å². The number of hydrogen-bond donors (Lipinski definition) is 1. The first kappa shape index (κ1) is 19.9. The van der Waals surface area contributed by atoms with Crippen molar-refractivity contribution >= 4 is 37.5 Å². The molecule has 27 heavy (non-hydrogen) atoms. The van der Waals surface area contributed by atoms with Gasteiger partial charge in [0.05, 0.1) is 23.7 Å². The highest BCUT2D eigenvalue weighted by molar-refractivity contribution is 9.10. The van der Waals surface area contributed by atoms with Gasteiger partial charge in [-0.2, -0.15) is 4.31 Å². The number of sulfonamides is 1. The Bertz CT molecular complexity index is 975.